The van der Waals surface area contributed by atoms with Crippen LogP contribution in [0.4, 0.5) is 0 Å². The predicted molar refractivity (Wildman–Crippen MR) is 92.1 cm³/mol. The van der Waals surface area contributed by atoms with Gasteiger partial charge in [-0.05, 0) is 24.3 Å². The fraction of sp³-hybridized carbons (Fsp3) is 0.368. The molecule has 0 heterocycles. The van der Waals surface area contributed by atoms with Crippen LogP contribution < -0.4 is 14.2 Å². The molecule has 0 aliphatic rings. The fourth-order valence-electron chi connectivity index (χ4n) is 1.95. The van der Waals surface area contributed by atoms with E-state index in [9.17, 15) is 0 Å². The van der Waals surface area contributed by atoms with Crippen molar-refractivity contribution in [3.8, 4) is 17.2 Å². The van der Waals surface area contributed by atoms with Crippen LogP contribution in [0, 0.1) is 0 Å². The summed E-state index contributed by atoms with van der Waals surface area (Å²) in [5, 5.41) is 0. The Bertz CT molecular complexity index is 559. The molecule has 0 spiro atoms. The van der Waals surface area contributed by atoms with Gasteiger partial charge >= 0.3 is 0 Å². The van der Waals surface area contributed by atoms with E-state index in [4.69, 9.17) is 23.7 Å². The molecule has 0 radical (unpaired) electrons. The normalized spacial score (nSPS) is 10.4. The highest BCUT2D eigenvalue weighted by molar-refractivity contribution is 5.32. The molecule has 0 N–H and O–H groups in total. The highest BCUT2D eigenvalue weighted by atomic mass is 16.5. The van der Waals surface area contributed by atoms with E-state index in [1.807, 2.05) is 54.6 Å². The molecule has 2 aromatic carbocycles. The molecular formula is C19H24O5. The summed E-state index contributed by atoms with van der Waals surface area (Å²) in [6.07, 6.45) is 0. The highest BCUT2D eigenvalue weighted by Gasteiger charge is 1.99. The molecule has 0 aliphatic heterocycles. The molecular weight excluding hydrogens is 308 g/mol. The molecule has 24 heavy (non-hydrogen) atoms. The minimum absolute atomic E-state index is 0.471. The molecule has 0 amide bonds. The molecule has 0 saturated heterocycles. The van der Waals surface area contributed by atoms with E-state index in [-0.39, 0.29) is 0 Å². The summed E-state index contributed by atoms with van der Waals surface area (Å²) in [6, 6.07) is 17.2. The van der Waals surface area contributed by atoms with Gasteiger partial charge in [-0.15, -0.1) is 0 Å². The van der Waals surface area contributed by atoms with Crippen molar-refractivity contribution in [3.05, 3.63) is 54.6 Å². The Balaban J connectivity index is 1.63. The minimum Gasteiger partial charge on any atom is -0.491 e. The first kappa shape index (κ1) is 18.1. The van der Waals surface area contributed by atoms with Gasteiger partial charge in [0.25, 0.3) is 0 Å². The Hall–Kier alpha value is -2.24. The number of hydrogen-bond acceptors (Lipinski definition) is 5. The first-order valence-corrected chi connectivity index (χ1v) is 7.98. The third-order valence-corrected chi connectivity index (χ3v) is 3.10. The van der Waals surface area contributed by atoms with Gasteiger partial charge in [0, 0.05) is 13.2 Å². The van der Waals surface area contributed by atoms with Crippen LogP contribution in [0.25, 0.3) is 0 Å². The van der Waals surface area contributed by atoms with Gasteiger partial charge in [0.2, 0.25) is 0 Å². The molecule has 130 valence electrons. The van der Waals surface area contributed by atoms with Crippen LogP contribution >= 0.6 is 0 Å². The Morgan fingerprint density at radius 2 is 1.12 bits per heavy atom. The Labute approximate surface area is 143 Å². The third kappa shape index (κ3) is 7.35. The summed E-state index contributed by atoms with van der Waals surface area (Å²) in [7, 11) is 1.65. The zero-order chi connectivity index (χ0) is 16.9. The quantitative estimate of drug-likeness (QED) is 0.559. The van der Waals surface area contributed by atoms with Crippen molar-refractivity contribution in [2.75, 3.05) is 46.8 Å². The molecule has 0 fully saturated rings. The molecule has 0 saturated carbocycles. The number of benzene rings is 2. The van der Waals surface area contributed by atoms with Crippen LogP contribution in [-0.2, 0) is 9.47 Å². The van der Waals surface area contributed by atoms with E-state index < -0.39 is 0 Å². The summed E-state index contributed by atoms with van der Waals surface area (Å²) in [5.74, 6) is 2.35. The molecule has 2 rings (SSSR count). The molecule has 5 nitrogen and oxygen atoms in total. The monoisotopic (exact) mass is 332 g/mol. The maximum atomic E-state index is 5.68. The first-order valence-electron chi connectivity index (χ1n) is 7.98. The van der Waals surface area contributed by atoms with E-state index in [2.05, 4.69) is 0 Å². The van der Waals surface area contributed by atoms with E-state index in [1.165, 1.54) is 0 Å². The predicted octanol–water partition coefficient (Wildman–Crippen LogP) is 3.19. The molecule has 0 unspecified atom stereocenters. The summed E-state index contributed by atoms with van der Waals surface area (Å²) < 4.78 is 27.1. The average Bonchev–Trinajstić information content (AvgIpc) is 2.63. The van der Waals surface area contributed by atoms with Crippen LogP contribution in [0.15, 0.2) is 54.6 Å². The minimum atomic E-state index is 0.471. The highest BCUT2D eigenvalue weighted by Crippen LogP contribution is 2.19. The molecule has 0 atom stereocenters. The van der Waals surface area contributed by atoms with Crippen LogP contribution in [0.2, 0.25) is 0 Å². The Morgan fingerprint density at radius 3 is 1.79 bits per heavy atom. The number of rotatable bonds is 12. The Morgan fingerprint density at radius 1 is 0.583 bits per heavy atom. The van der Waals surface area contributed by atoms with Gasteiger partial charge in [0.1, 0.15) is 37.1 Å². The number of para-hydroxylation sites is 1. The lowest BCUT2D eigenvalue weighted by Gasteiger charge is -2.10. The van der Waals surface area contributed by atoms with Crippen molar-refractivity contribution in [3.63, 3.8) is 0 Å². The van der Waals surface area contributed by atoms with Gasteiger partial charge < -0.3 is 23.7 Å². The second-order valence-electron chi connectivity index (χ2n) is 4.94. The van der Waals surface area contributed by atoms with Crippen molar-refractivity contribution >= 4 is 0 Å². The third-order valence-electron chi connectivity index (χ3n) is 3.10. The summed E-state index contributed by atoms with van der Waals surface area (Å²) >= 11 is 0. The van der Waals surface area contributed by atoms with Crippen molar-refractivity contribution in [2.24, 2.45) is 0 Å². The van der Waals surface area contributed by atoms with Gasteiger partial charge in [0.05, 0.1) is 19.8 Å². The summed E-state index contributed by atoms with van der Waals surface area (Å²) in [6.45, 7) is 3.14. The molecule has 0 bridgehead atoms. The van der Waals surface area contributed by atoms with Crippen molar-refractivity contribution in [1.29, 1.82) is 0 Å². The maximum absolute atomic E-state index is 5.68. The lowest BCUT2D eigenvalue weighted by Crippen LogP contribution is -2.10. The smallest absolute Gasteiger partial charge is 0.123 e. The standard InChI is InChI=1S/C19H24O5/c1-20-10-11-21-12-13-23-18-8-5-9-19(16-18)24-15-14-22-17-6-3-2-4-7-17/h2-9,16H,10-15H2,1H3. The van der Waals surface area contributed by atoms with Crippen molar-refractivity contribution in [2.45, 2.75) is 0 Å². The maximum Gasteiger partial charge on any atom is 0.123 e. The average molecular weight is 332 g/mol. The second kappa shape index (κ2) is 11.3. The molecule has 5 heteroatoms. The molecule has 2 aromatic rings. The first-order chi connectivity index (χ1) is 11.9. The zero-order valence-corrected chi connectivity index (χ0v) is 14.0. The van der Waals surface area contributed by atoms with Gasteiger partial charge in [0.15, 0.2) is 0 Å². The largest absolute Gasteiger partial charge is 0.491 e. The summed E-state index contributed by atoms with van der Waals surface area (Å²) in [5.41, 5.74) is 0. The second-order valence-corrected chi connectivity index (χ2v) is 4.94. The van der Waals surface area contributed by atoms with Gasteiger partial charge in [-0.1, -0.05) is 24.3 Å². The molecule has 0 aromatic heterocycles. The Kier molecular flexibility index (Phi) is 8.54. The topological polar surface area (TPSA) is 46.2 Å². The van der Waals surface area contributed by atoms with E-state index >= 15 is 0 Å². The number of methoxy groups -OCH3 is 1. The van der Waals surface area contributed by atoms with Gasteiger partial charge in [-0.3, -0.25) is 0 Å². The van der Waals surface area contributed by atoms with Crippen molar-refractivity contribution < 1.29 is 23.7 Å². The van der Waals surface area contributed by atoms with Gasteiger partial charge in [-0.2, -0.15) is 0 Å². The van der Waals surface area contributed by atoms with Crippen LogP contribution in [0.3, 0.4) is 0 Å². The van der Waals surface area contributed by atoms with Crippen molar-refractivity contribution in [1.82, 2.24) is 0 Å². The number of ether oxygens (including phenoxy) is 5. The van der Waals surface area contributed by atoms with Gasteiger partial charge in [-0.25, -0.2) is 0 Å². The SMILES string of the molecule is COCCOCCOc1cccc(OCCOc2ccccc2)c1. The van der Waals surface area contributed by atoms with Crippen LogP contribution in [0.1, 0.15) is 0 Å². The van der Waals surface area contributed by atoms with E-state index in [0.29, 0.717) is 39.6 Å². The summed E-state index contributed by atoms with van der Waals surface area (Å²) in [4.78, 5) is 0. The van der Waals surface area contributed by atoms with Crippen LogP contribution in [-0.4, -0.2) is 46.8 Å². The lowest BCUT2D eigenvalue weighted by atomic mass is 10.3. The molecule has 0 aliphatic carbocycles. The lowest BCUT2D eigenvalue weighted by molar-refractivity contribution is 0.0544. The number of hydrogen-bond donors (Lipinski definition) is 0. The van der Waals surface area contributed by atoms with Crippen LogP contribution in [0.5, 0.6) is 17.2 Å². The fourth-order valence-corrected chi connectivity index (χ4v) is 1.95. The van der Waals surface area contributed by atoms with E-state index in [1.54, 1.807) is 7.11 Å². The van der Waals surface area contributed by atoms with E-state index in [0.717, 1.165) is 17.2 Å². The zero-order valence-electron chi connectivity index (χ0n) is 14.0.